The van der Waals surface area contributed by atoms with Gasteiger partial charge in [0, 0.05) is 16.7 Å². The Kier molecular flexibility index (Phi) is 4.51. The standard InChI is InChI=1S/C17H13ClN2O3S/c1-9-2-4-11(7-13(9)18)19-17-20-16(23)15(24-17)6-10-3-5-12(21)8-14(10)22/h2-8,21-22H,1H3,(H,19,20,23)/b15-6-. The van der Waals surface area contributed by atoms with E-state index in [1.165, 1.54) is 30.0 Å². The zero-order valence-electron chi connectivity index (χ0n) is 12.6. The zero-order valence-corrected chi connectivity index (χ0v) is 14.1. The fourth-order valence-corrected chi connectivity index (χ4v) is 3.05. The van der Waals surface area contributed by atoms with Crippen LogP contribution in [0.15, 0.2) is 46.3 Å². The molecule has 1 aliphatic rings. The SMILES string of the molecule is Cc1ccc(N=C2NC(=O)/C(=C/c3ccc(O)cc3O)S2)cc1Cl. The van der Waals surface area contributed by atoms with Gasteiger partial charge in [-0.2, -0.15) is 0 Å². The molecule has 122 valence electrons. The maximum Gasteiger partial charge on any atom is 0.264 e. The summed E-state index contributed by atoms with van der Waals surface area (Å²) in [6.45, 7) is 1.90. The first-order valence-corrected chi connectivity index (χ1v) is 8.19. The third kappa shape index (κ3) is 3.55. The molecule has 0 aliphatic carbocycles. The van der Waals surface area contributed by atoms with Crippen molar-refractivity contribution in [1.29, 1.82) is 0 Å². The number of aliphatic imine (C=N–C) groups is 1. The second-order valence-electron chi connectivity index (χ2n) is 5.16. The molecule has 1 fully saturated rings. The Labute approximate surface area is 147 Å². The van der Waals surface area contributed by atoms with Gasteiger partial charge in [-0.1, -0.05) is 17.7 Å². The van der Waals surface area contributed by atoms with Crippen molar-refractivity contribution in [3.8, 4) is 11.5 Å². The van der Waals surface area contributed by atoms with Crippen LogP contribution in [0.1, 0.15) is 11.1 Å². The number of amides is 1. The largest absolute Gasteiger partial charge is 0.508 e. The Bertz CT molecular complexity index is 893. The number of nitrogens with zero attached hydrogens (tertiary/aromatic N) is 1. The van der Waals surface area contributed by atoms with Crippen molar-refractivity contribution in [3.63, 3.8) is 0 Å². The number of phenolic OH excluding ortho intramolecular Hbond substituents is 2. The number of halogens is 1. The number of hydrogen-bond donors (Lipinski definition) is 3. The second kappa shape index (κ2) is 6.59. The van der Waals surface area contributed by atoms with Crippen LogP contribution in [-0.4, -0.2) is 21.3 Å². The predicted octanol–water partition coefficient (Wildman–Crippen LogP) is 3.95. The fraction of sp³-hybridized carbons (Fsp3) is 0.0588. The molecule has 0 aromatic heterocycles. The summed E-state index contributed by atoms with van der Waals surface area (Å²) in [6.07, 6.45) is 1.54. The molecule has 0 unspecified atom stereocenters. The third-order valence-corrected chi connectivity index (χ3v) is 4.65. The molecule has 0 radical (unpaired) electrons. The highest BCUT2D eigenvalue weighted by Gasteiger charge is 2.24. The maximum absolute atomic E-state index is 12.0. The van der Waals surface area contributed by atoms with Gasteiger partial charge in [-0.3, -0.25) is 4.79 Å². The van der Waals surface area contributed by atoms with E-state index in [4.69, 9.17) is 11.6 Å². The number of nitrogens with one attached hydrogen (secondary N) is 1. The normalized spacial score (nSPS) is 17.5. The molecule has 7 heteroatoms. The first-order chi connectivity index (χ1) is 11.4. The molecule has 1 amide bonds. The summed E-state index contributed by atoms with van der Waals surface area (Å²) < 4.78 is 0. The molecular formula is C17H13ClN2O3S. The molecule has 0 bridgehead atoms. The number of rotatable bonds is 2. The predicted molar refractivity (Wildman–Crippen MR) is 96.8 cm³/mol. The Balaban J connectivity index is 1.86. The van der Waals surface area contributed by atoms with E-state index in [1.54, 1.807) is 12.1 Å². The van der Waals surface area contributed by atoms with E-state index < -0.39 is 0 Å². The first kappa shape index (κ1) is 16.4. The van der Waals surface area contributed by atoms with E-state index in [1.807, 2.05) is 19.1 Å². The summed E-state index contributed by atoms with van der Waals surface area (Å²) in [5, 5.41) is 22.8. The molecule has 0 atom stereocenters. The molecule has 1 heterocycles. The highest BCUT2D eigenvalue weighted by molar-refractivity contribution is 8.18. The number of carbonyl (C=O) groups excluding carboxylic acids is 1. The van der Waals surface area contributed by atoms with Crippen LogP contribution in [0.5, 0.6) is 11.5 Å². The highest BCUT2D eigenvalue weighted by Crippen LogP contribution is 2.32. The zero-order chi connectivity index (χ0) is 17.3. The van der Waals surface area contributed by atoms with Crippen LogP contribution in [0.3, 0.4) is 0 Å². The summed E-state index contributed by atoms with van der Waals surface area (Å²) in [4.78, 5) is 16.8. The smallest absolute Gasteiger partial charge is 0.264 e. The Morgan fingerprint density at radius 2 is 2.00 bits per heavy atom. The molecule has 3 N–H and O–H groups in total. The second-order valence-corrected chi connectivity index (χ2v) is 6.60. The van der Waals surface area contributed by atoms with Crippen molar-refractivity contribution in [2.24, 2.45) is 4.99 Å². The van der Waals surface area contributed by atoms with Gasteiger partial charge in [-0.25, -0.2) is 4.99 Å². The van der Waals surface area contributed by atoms with Crippen molar-refractivity contribution in [2.75, 3.05) is 0 Å². The van der Waals surface area contributed by atoms with Crippen molar-refractivity contribution in [2.45, 2.75) is 6.92 Å². The van der Waals surface area contributed by atoms with Gasteiger partial charge in [-0.15, -0.1) is 0 Å². The van der Waals surface area contributed by atoms with E-state index in [0.29, 0.717) is 26.3 Å². The van der Waals surface area contributed by atoms with Crippen LogP contribution in [-0.2, 0) is 4.79 Å². The highest BCUT2D eigenvalue weighted by atomic mass is 35.5. The minimum Gasteiger partial charge on any atom is -0.508 e. The average Bonchev–Trinajstić information content (AvgIpc) is 2.85. The van der Waals surface area contributed by atoms with Crippen molar-refractivity contribution in [3.05, 3.63) is 57.5 Å². The molecule has 3 rings (SSSR count). The van der Waals surface area contributed by atoms with Gasteiger partial charge >= 0.3 is 0 Å². The Morgan fingerprint density at radius 3 is 2.71 bits per heavy atom. The number of phenols is 2. The molecule has 2 aromatic carbocycles. The number of amidine groups is 1. The summed E-state index contributed by atoms with van der Waals surface area (Å²) in [5.41, 5.74) is 2.03. The monoisotopic (exact) mass is 360 g/mol. The summed E-state index contributed by atoms with van der Waals surface area (Å²) >= 11 is 7.24. The number of carbonyl (C=O) groups is 1. The number of aromatic hydroxyl groups is 2. The molecule has 0 spiro atoms. The van der Waals surface area contributed by atoms with Crippen LogP contribution in [0.2, 0.25) is 5.02 Å². The topological polar surface area (TPSA) is 81.9 Å². The lowest BCUT2D eigenvalue weighted by Crippen LogP contribution is -2.19. The number of benzene rings is 2. The molecular weight excluding hydrogens is 348 g/mol. The van der Waals surface area contributed by atoms with Crippen LogP contribution >= 0.6 is 23.4 Å². The summed E-state index contributed by atoms with van der Waals surface area (Å²) in [6, 6.07) is 9.58. The van der Waals surface area contributed by atoms with Crippen molar-refractivity contribution in [1.82, 2.24) is 5.32 Å². The van der Waals surface area contributed by atoms with E-state index in [9.17, 15) is 15.0 Å². The van der Waals surface area contributed by atoms with E-state index >= 15 is 0 Å². The molecule has 24 heavy (non-hydrogen) atoms. The van der Waals surface area contributed by atoms with Gasteiger partial charge in [0.1, 0.15) is 11.5 Å². The Morgan fingerprint density at radius 1 is 1.21 bits per heavy atom. The van der Waals surface area contributed by atoms with Gasteiger partial charge in [0.2, 0.25) is 0 Å². The first-order valence-electron chi connectivity index (χ1n) is 7.00. The average molecular weight is 361 g/mol. The minimum absolute atomic E-state index is 0.0447. The van der Waals surface area contributed by atoms with Crippen LogP contribution in [0.25, 0.3) is 6.08 Å². The van der Waals surface area contributed by atoms with Gasteiger partial charge in [0.15, 0.2) is 5.17 Å². The van der Waals surface area contributed by atoms with Crippen molar-refractivity contribution < 1.29 is 15.0 Å². The van der Waals surface area contributed by atoms with Crippen molar-refractivity contribution >= 4 is 46.2 Å². The number of thioether (sulfide) groups is 1. The number of hydrogen-bond acceptors (Lipinski definition) is 5. The third-order valence-electron chi connectivity index (χ3n) is 3.34. The van der Waals surface area contributed by atoms with Gasteiger partial charge in [0.25, 0.3) is 5.91 Å². The fourth-order valence-electron chi connectivity index (χ4n) is 2.04. The molecule has 5 nitrogen and oxygen atoms in total. The Hall–Kier alpha value is -2.44. The summed E-state index contributed by atoms with van der Waals surface area (Å²) in [5.74, 6) is -0.451. The molecule has 1 aliphatic heterocycles. The summed E-state index contributed by atoms with van der Waals surface area (Å²) in [7, 11) is 0. The van der Waals surface area contributed by atoms with Gasteiger partial charge < -0.3 is 15.5 Å². The lowest BCUT2D eigenvalue weighted by Gasteiger charge is -2.00. The van der Waals surface area contributed by atoms with E-state index in [0.717, 1.165) is 5.56 Å². The van der Waals surface area contributed by atoms with Gasteiger partial charge in [0.05, 0.1) is 10.6 Å². The van der Waals surface area contributed by atoms with Crippen LogP contribution in [0, 0.1) is 6.92 Å². The van der Waals surface area contributed by atoms with Crippen LogP contribution < -0.4 is 5.32 Å². The lowest BCUT2D eigenvalue weighted by atomic mass is 10.2. The van der Waals surface area contributed by atoms with E-state index in [2.05, 4.69) is 10.3 Å². The number of aryl methyl sites for hydroxylation is 1. The maximum atomic E-state index is 12.0. The minimum atomic E-state index is -0.301. The molecule has 1 saturated heterocycles. The molecule has 2 aromatic rings. The molecule has 0 saturated carbocycles. The quantitative estimate of drug-likeness (QED) is 0.708. The van der Waals surface area contributed by atoms with Crippen LogP contribution in [0.4, 0.5) is 5.69 Å². The van der Waals surface area contributed by atoms with Gasteiger partial charge in [-0.05, 0) is 54.6 Å². The lowest BCUT2D eigenvalue weighted by molar-refractivity contribution is -0.115. The van der Waals surface area contributed by atoms with E-state index in [-0.39, 0.29) is 17.4 Å².